The first-order valence-electron chi connectivity index (χ1n) is 9.76. The summed E-state index contributed by atoms with van der Waals surface area (Å²) in [6, 6.07) is 5.72. The Morgan fingerprint density at radius 2 is 1.96 bits per heavy atom. The normalized spacial score (nSPS) is 22.7. The number of rotatable bonds is 6. The SMILES string of the molecule is CCC#CC1CC(N(CC)CC)CCC1c1c(O)cccc1CC(=O)O. The lowest BCUT2D eigenvalue weighted by atomic mass is 9.71. The van der Waals surface area contributed by atoms with E-state index in [9.17, 15) is 15.0 Å². The molecule has 0 spiro atoms. The van der Waals surface area contributed by atoms with Crippen molar-refractivity contribution in [3.63, 3.8) is 0 Å². The molecule has 0 aliphatic heterocycles. The van der Waals surface area contributed by atoms with Gasteiger partial charge in [0, 0.05) is 29.9 Å². The largest absolute Gasteiger partial charge is 0.508 e. The number of aliphatic carboxylic acids is 1. The first-order chi connectivity index (χ1) is 12.5. The van der Waals surface area contributed by atoms with E-state index in [-0.39, 0.29) is 24.0 Å². The number of benzene rings is 1. The van der Waals surface area contributed by atoms with Crippen molar-refractivity contribution in [3.8, 4) is 17.6 Å². The molecule has 1 aliphatic carbocycles. The zero-order valence-corrected chi connectivity index (χ0v) is 16.2. The van der Waals surface area contributed by atoms with Gasteiger partial charge < -0.3 is 15.1 Å². The first-order valence-corrected chi connectivity index (χ1v) is 9.76. The fourth-order valence-electron chi connectivity index (χ4n) is 4.30. The summed E-state index contributed by atoms with van der Waals surface area (Å²) >= 11 is 0. The Balaban J connectivity index is 2.37. The molecule has 0 saturated heterocycles. The lowest BCUT2D eigenvalue weighted by Gasteiger charge is -2.40. The predicted molar refractivity (Wildman–Crippen MR) is 104 cm³/mol. The van der Waals surface area contributed by atoms with E-state index in [4.69, 9.17) is 0 Å². The third-order valence-electron chi connectivity index (χ3n) is 5.50. The van der Waals surface area contributed by atoms with Crippen molar-refractivity contribution in [2.24, 2.45) is 5.92 Å². The summed E-state index contributed by atoms with van der Waals surface area (Å²) in [5.74, 6) is 6.23. The number of nitrogens with zero attached hydrogens (tertiary/aromatic N) is 1. The van der Waals surface area contributed by atoms with Gasteiger partial charge in [0.15, 0.2) is 0 Å². The van der Waals surface area contributed by atoms with Gasteiger partial charge in [0.2, 0.25) is 0 Å². The van der Waals surface area contributed by atoms with Crippen LogP contribution in [0.25, 0.3) is 0 Å². The molecule has 1 fully saturated rings. The topological polar surface area (TPSA) is 60.8 Å². The molecule has 0 amide bonds. The Kier molecular flexibility index (Phi) is 7.53. The van der Waals surface area contributed by atoms with Crippen molar-refractivity contribution in [3.05, 3.63) is 29.3 Å². The number of carboxylic acid groups (broad SMARTS) is 1. The molecule has 0 heterocycles. The van der Waals surface area contributed by atoms with Crippen LogP contribution in [0.1, 0.15) is 63.5 Å². The van der Waals surface area contributed by atoms with Crippen LogP contribution in [0.15, 0.2) is 18.2 Å². The molecule has 26 heavy (non-hydrogen) atoms. The van der Waals surface area contributed by atoms with Crippen molar-refractivity contribution in [2.45, 2.75) is 64.8 Å². The molecule has 0 aromatic heterocycles. The van der Waals surface area contributed by atoms with E-state index >= 15 is 0 Å². The standard InChI is InChI=1S/C22H31NO3/c1-4-7-9-16-14-18(23(5-2)6-3)12-13-19(16)22-17(15-21(25)26)10-8-11-20(22)24/h8,10-11,16,18-19,24H,4-6,12-15H2,1-3H3,(H,25,26). The predicted octanol–water partition coefficient (Wildman–Crippen LogP) is 4.03. The monoisotopic (exact) mass is 357 g/mol. The van der Waals surface area contributed by atoms with Crippen molar-refractivity contribution in [2.75, 3.05) is 13.1 Å². The second-order valence-corrected chi connectivity index (χ2v) is 7.00. The number of carbonyl (C=O) groups is 1. The molecule has 2 N–H and O–H groups in total. The summed E-state index contributed by atoms with van der Waals surface area (Å²) in [4.78, 5) is 13.8. The first kappa shape index (κ1) is 20.3. The van der Waals surface area contributed by atoms with Crippen LogP contribution in [0, 0.1) is 17.8 Å². The third-order valence-corrected chi connectivity index (χ3v) is 5.50. The van der Waals surface area contributed by atoms with Gasteiger partial charge in [-0.3, -0.25) is 4.79 Å². The molecule has 2 rings (SSSR count). The van der Waals surface area contributed by atoms with Gasteiger partial charge in [-0.25, -0.2) is 0 Å². The summed E-state index contributed by atoms with van der Waals surface area (Å²) in [6.07, 6.45) is 3.70. The molecule has 4 nitrogen and oxygen atoms in total. The second kappa shape index (κ2) is 9.64. The summed E-state index contributed by atoms with van der Waals surface area (Å²) in [5.41, 5.74) is 1.51. The fraction of sp³-hybridized carbons (Fsp3) is 0.591. The minimum absolute atomic E-state index is 0.0619. The maximum absolute atomic E-state index is 11.3. The van der Waals surface area contributed by atoms with Gasteiger partial charge in [-0.1, -0.05) is 38.8 Å². The second-order valence-electron chi connectivity index (χ2n) is 7.00. The molecule has 0 bridgehead atoms. The summed E-state index contributed by atoms with van der Waals surface area (Å²) < 4.78 is 0. The van der Waals surface area contributed by atoms with Crippen LogP contribution >= 0.6 is 0 Å². The van der Waals surface area contributed by atoms with Gasteiger partial charge in [0.05, 0.1) is 6.42 Å². The molecule has 3 atom stereocenters. The third kappa shape index (κ3) is 4.80. The minimum atomic E-state index is -0.870. The van der Waals surface area contributed by atoms with Crippen molar-refractivity contribution >= 4 is 5.97 Å². The number of hydrogen-bond acceptors (Lipinski definition) is 3. The molecule has 0 radical (unpaired) electrons. The van der Waals surface area contributed by atoms with E-state index in [0.29, 0.717) is 11.6 Å². The lowest BCUT2D eigenvalue weighted by Crippen LogP contribution is -2.40. The molecule has 1 aromatic carbocycles. The van der Waals surface area contributed by atoms with Crippen LogP contribution in [0.5, 0.6) is 5.75 Å². The molecule has 1 saturated carbocycles. The van der Waals surface area contributed by atoms with E-state index in [0.717, 1.165) is 44.3 Å². The van der Waals surface area contributed by atoms with Crippen LogP contribution in [0.4, 0.5) is 0 Å². The number of phenols is 1. The number of carboxylic acids is 1. The highest BCUT2D eigenvalue weighted by Gasteiger charge is 2.35. The lowest BCUT2D eigenvalue weighted by molar-refractivity contribution is -0.136. The maximum atomic E-state index is 11.3. The summed E-state index contributed by atoms with van der Waals surface area (Å²) in [6.45, 7) is 8.48. The summed E-state index contributed by atoms with van der Waals surface area (Å²) in [7, 11) is 0. The van der Waals surface area contributed by atoms with E-state index < -0.39 is 5.97 Å². The Bertz CT molecular complexity index is 670. The Hall–Kier alpha value is -1.99. The van der Waals surface area contributed by atoms with Crippen LogP contribution in [0.3, 0.4) is 0 Å². The van der Waals surface area contributed by atoms with Crippen molar-refractivity contribution in [1.29, 1.82) is 0 Å². The van der Waals surface area contributed by atoms with Gasteiger partial charge in [-0.05, 0) is 44.0 Å². The quantitative estimate of drug-likeness (QED) is 0.755. The zero-order chi connectivity index (χ0) is 19.1. The summed E-state index contributed by atoms with van der Waals surface area (Å²) in [5, 5.41) is 19.8. The zero-order valence-electron chi connectivity index (χ0n) is 16.2. The van der Waals surface area contributed by atoms with Gasteiger partial charge in [-0.15, -0.1) is 5.92 Å². The van der Waals surface area contributed by atoms with Crippen LogP contribution < -0.4 is 0 Å². The number of aromatic hydroxyl groups is 1. The molecule has 4 heteroatoms. The number of hydrogen-bond donors (Lipinski definition) is 2. The smallest absolute Gasteiger partial charge is 0.307 e. The van der Waals surface area contributed by atoms with Gasteiger partial charge in [0.25, 0.3) is 0 Å². The van der Waals surface area contributed by atoms with Crippen LogP contribution in [-0.2, 0) is 11.2 Å². The van der Waals surface area contributed by atoms with Crippen molar-refractivity contribution in [1.82, 2.24) is 4.90 Å². The highest BCUT2D eigenvalue weighted by Crippen LogP contribution is 2.43. The fourth-order valence-corrected chi connectivity index (χ4v) is 4.30. The molecule has 1 aromatic rings. The van der Waals surface area contributed by atoms with E-state index in [2.05, 4.69) is 30.6 Å². The Labute approximate surface area is 157 Å². The van der Waals surface area contributed by atoms with E-state index in [1.165, 1.54) is 0 Å². The Morgan fingerprint density at radius 1 is 1.23 bits per heavy atom. The number of phenolic OH excluding ortho intramolecular Hbond substituents is 1. The molecule has 142 valence electrons. The van der Waals surface area contributed by atoms with Gasteiger partial charge in [-0.2, -0.15) is 0 Å². The highest BCUT2D eigenvalue weighted by molar-refractivity contribution is 5.71. The minimum Gasteiger partial charge on any atom is -0.508 e. The van der Waals surface area contributed by atoms with Gasteiger partial charge >= 0.3 is 5.97 Å². The van der Waals surface area contributed by atoms with Gasteiger partial charge in [0.1, 0.15) is 5.75 Å². The molecular weight excluding hydrogens is 326 g/mol. The highest BCUT2D eigenvalue weighted by atomic mass is 16.4. The molecular formula is C22H31NO3. The maximum Gasteiger partial charge on any atom is 0.307 e. The average Bonchev–Trinajstić information content (AvgIpc) is 2.61. The molecule has 1 aliphatic rings. The average molecular weight is 357 g/mol. The van der Waals surface area contributed by atoms with Crippen LogP contribution in [0.2, 0.25) is 0 Å². The van der Waals surface area contributed by atoms with E-state index in [1.807, 2.05) is 13.0 Å². The van der Waals surface area contributed by atoms with Crippen LogP contribution in [-0.4, -0.2) is 40.2 Å². The van der Waals surface area contributed by atoms with E-state index in [1.54, 1.807) is 12.1 Å². The Morgan fingerprint density at radius 3 is 2.58 bits per heavy atom. The molecule has 3 unspecified atom stereocenters. The van der Waals surface area contributed by atoms with Crippen molar-refractivity contribution < 1.29 is 15.0 Å².